The molecule has 1 atom stereocenters. The Labute approximate surface area is 129 Å². The second-order valence-electron chi connectivity index (χ2n) is 5.86. The van der Waals surface area contributed by atoms with E-state index < -0.39 is 23.7 Å². The average Bonchev–Trinajstić information content (AvgIpc) is 2.37. The molecule has 22 heavy (non-hydrogen) atoms. The number of carboxylic acid groups (broad SMARTS) is 1. The number of amides is 1. The van der Waals surface area contributed by atoms with E-state index in [0.717, 1.165) is 5.69 Å². The number of aliphatic carboxylic acids is 1. The number of aryl methyl sites for hydroxylation is 1. The van der Waals surface area contributed by atoms with Crippen LogP contribution in [-0.2, 0) is 16.0 Å². The molecule has 1 aromatic heterocycles. The molecule has 0 spiro atoms. The Morgan fingerprint density at radius 3 is 2.55 bits per heavy atom. The summed E-state index contributed by atoms with van der Waals surface area (Å²) in [5.41, 5.74) is 5.48. The molecule has 0 fully saturated rings. The smallest absolute Gasteiger partial charge is 0.408 e. The number of carbonyl (C=O) groups excluding carboxylic acids is 1. The van der Waals surface area contributed by atoms with Gasteiger partial charge < -0.3 is 20.9 Å². The number of carbonyl (C=O) groups is 2. The maximum absolute atomic E-state index is 11.6. The summed E-state index contributed by atoms with van der Waals surface area (Å²) in [6.45, 7) is 5.13. The number of nitrogens with zero attached hydrogens (tertiary/aromatic N) is 2. The maximum atomic E-state index is 11.6. The number of anilines is 1. The minimum absolute atomic E-state index is 0.265. The highest BCUT2D eigenvalue weighted by atomic mass is 16.6. The Balaban J connectivity index is 2.46. The first kappa shape index (κ1) is 17.7. The van der Waals surface area contributed by atoms with E-state index in [9.17, 15) is 9.59 Å². The van der Waals surface area contributed by atoms with Crippen LogP contribution in [0.25, 0.3) is 0 Å². The van der Waals surface area contributed by atoms with Crippen molar-refractivity contribution in [3.8, 4) is 0 Å². The van der Waals surface area contributed by atoms with Crippen molar-refractivity contribution in [1.29, 1.82) is 0 Å². The Morgan fingerprint density at radius 1 is 1.36 bits per heavy atom. The summed E-state index contributed by atoms with van der Waals surface area (Å²) in [6.07, 6.45) is 3.60. The van der Waals surface area contributed by atoms with Gasteiger partial charge in [0.15, 0.2) is 0 Å². The van der Waals surface area contributed by atoms with Crippen LogP contribution in [0.1, 0.15) is 39.3 Å². The number of aromatic nitrogens is 2. The van der Waals surface area contributed by atoms with E-state index in [1.165, 1.54) is 6.20 Å². The molecule has 1 rings (SSSR count). The second-order valence-corrected chi connectivity index (χ2v) is 5.86. The molecule has 122 valence electrons. The predicted octanol–water partition coefficient (Wildman–Crippen LogP) is 1.36. The van der Waals surface area contributed by atoms with Crippen molar-refractivity contribution in [3.63, 3.8) is 0 Å². The number of nitrogens with one attached hydrogen (secondary N) is 1. The highest BCUT2D eigenvalue weighted by Gasteiger charge is 2.23. The third-order valence-corrected chi connectivity index (χ3v) is 2.64. The van der Waals surface area contributed by atoms with E-state index in [1.807, 2.05) is 0 Å². The van der Waals surface area contributed by atoms with Crippen molar-refractivity contribution < 1.29 is 19.4 Å². The fraction of sp³-hybridized carbons (Fsp3) is 0.571. The van der Waals surface area contributed by atoms with Crippen LogP contribution in [0.4, 0.5) is 10.6 Å². The first-order valence-electron chi connectivity index (χ1n) is 6.96. The number of nitrogen functional groups attached to an aromatic ring is 1. The van der Waals surface area contributed by atoms with E-state index in [0.29, 0.717) is 18.7 Å². The summed E-state index contributed by atoms with van der Waals surface area (Å²) in [4.78, 5) is 30.8. The zero-order valence-corrected chi connectivity index (χ0v) is 13.0. The molecule has 1 heterocycles. The van der Waals surface area contributed by atoms with Crippen LogP contribution in [0.3, 0.4) is 0 Å². The lowest BCUT2D eigenvalue weighted by Crippen LogP contribution is -2.43. The summed E-state index contributed by atoms with van der Waals surface area (Å²) >= 11 is 0. The summed E-state index contributed by atoms with van der Waals surface area (Å²) in [7, 11) is 0. The number of hydrogen-bond donors (Lipinski definition) is 3. The summed E-state index contributed by atoms with van der Waals surface area (Å²) in [5, 5.41) is 11.5. The van der Waals surface area contributed by atoms with Gasteiger partial charge in [0, 0.05) is 0 Å². The van der Waals surface area contributed by atoms with Crippen molar-refractivity contribution >= 4 is 17.9 Å². The lowest BCUT2D eigenvalue weighted by atomic mass is 10.1. The molecule has 8 heteroatoms. The van der Waals surface area contributed by atoms with Gasteiger partial charge in [0.25, 0.3) is 0 Å². The molecule has 0 saturated carbocycles. The van der Waals surface area contributed by atoms with Gasteiger partial charge in [-0.05, 0) is 40.0 Å². The molecule has 0 bridgehead atoms. The normalized spacial score (nSPS) is 12.5. The van der Waals surface area contributed by atoms with Gasteiger partial charge in [0.2, 0.25) is 0 Å². The van der Waals surface area contributed by atoms with Crippen LogP contribution in [0.15, 0.2) is 12.4 Å². The van der Waals surface area contributed by atoms with Crippen molar-refractivity contribution in [2.45, 2.75) is 51.7 Å². The summed E-state index contributed by atoms with van der Waals surface area (Å²) < 4.78 is 5.05. The highest BCUT2D eigenvalue weighted by Crippen LogP contribution is 2.09. The molecule has 4 N–H and O–H groups in total. The van der Waals surface area contributed by atoms with Crippen LogP contribution >= 0.6 is 0 Å². The molecule has 0 aromatic carbocycles. The van der Waals surface area contributed by atoms with Gasteiger partial charge in [-0.25, -0.2) is 14.6 Å². The van der Waals surface area contributed by atoms with E-state index in [-0.39, 0.29) is 6.42 Å². The van der Waals surface area contributed by atoms with Gasteiger partial charge in [-0.3, -0.25) is 4.98 Å². The van der Waals surface area contributed by atoms with Gasteiger partial charge >= 0.3 is 12.1 Å². The molecule has 0 radical (unpaired) electrons. The van der Waals surface area contributed by atoms with Crippen LogP contribution in [0.5, 0.6) is 0 Å². The van der Waals surface area contributed by atoms with Crippen LogP contribution in [0, 0.1) is 0 Å². The van der Waals surface area contributed by atoms with Gasteiger partial charge in [-0.2, -0.15) is 0 Å². The van der Waals surface area contributed by atoms with Crippen LogP contribution in [-0.4, -0.2) is 38.8 Å². The lowest BCUT2D eigenvalue weighted by Gasteiger charge is -2.22. The van der Waals surface area contributed by atoms with Gasteiger partial charge in [0.05, 0.1) is 18.1 Å². The molecule has 0 aliphatic rings. The van der Waals surface area contributed by atoms with E-state index in [2.05, 4.69) is 15.3 Å². The fourth-order valence-electron chi connectivity index (χ4n) is 1.69. The molecule has 1 amide bonds. The highest BCUT2D eigenvalue weighted by molar-refractivity contribution is 5.79. The Morgan fingerprint density at radius 2 is 2.05 bits per heavy atom. The minimum Gasteiger partial charge on any atom is -0.480 e. The van der Waals surface area contributed by atoms with Gasteiger partial charge in [-0.1, -0.05) is 0 Å². The quantitative estimate of drug-likeness (QED) is 0.723. The molecular formula is C14H22N4O4. The average molecular weight is 310 g/mol. The monoisotopic (exact) mass is 310 g/mol. The Kier molecular flexibility index (Phi) is 6.09. The van der Waals surface area contributed by atoms with E-state index >= 15 is 0 Å². The third kappa shape index (κ3) is 6.87. The van der Waals surface area contributed by atoms with Gasteiger partial charge in [0.1, 0.15) is 17.5 Å². The number of alkyl carbamates (subject to hydrolysis) is 1. The summed E-state index contributed by atoms with van der Waals surface area (Å²) in [6, 6.07) is -1.00. The number of ether oxygens (including phenoxy) is 1. The minimum atomic E-state index is -1.10. The molecule has 0 aliphatic heterocycles. The number of hydrogen-bond acceptors (Lipinski definition) is 6. The number of nitrogens with two attached hydrogens (primary N) is 1. The Hall–Kier alpha value is -2.38. The molecule has 1 unspecified atom stereocenters. The van der Waals surface area contributed by atoms with Crippen LogP contribution < -0.4 is 11.1 Å². The number of carboxylic acids is 1. The third-order valence-electron chi connectivity index (χ3n) is 2.64. The van der Waals surface area contributed by atoms with Crippen molar-refractivity contribution in [3.05, 3.63) is 18.1 Å². The van der Waals surface area contributed by atoms with Crippen LogP contribution in [0.2, 0.25) is 0 Å². The largest absolute Gasteiger partial charge is 0.480 e. The number of rotatable bonds is 6. The van der Waals surface area contributed by atoms with Crippen molar-refractivity contribution in [2.24, 2.45) is 0 Å². The molecule has 0 saturated heterocycles. The maximum Gasteiger partial charge on any atom is 0.408 e. The predicted molar refractivity (Wildman–Crippen MR) is 80.2 cm³/mol. The second kappa shape index (κ2) is 7.58. The standard InChI is InChI=1S/C14H22N4O4/c1-14(2,3)22-13(21)18-10(12(19)20)6-4-5-9-7-17-11(15)8-16-9/h7-8,10H,4-6H2,1-3H3,(H2,15,17)(H,18,21)(H,19,20). The van der Waals surface area contributed by atoms with E-state index in [4.69, 9.17) is 15.6 Å². The summed E-state index contributed by atoms with van der Waals surface area (Å²) in [5.74, 6) is -0.770. The lowest BCUT2D eigenvalue weighted by molar-refractivity contribution is -0.139. The fourth-order valence-corrected chi connectivity index (χ4v) is 1.69. The van der Waals surface area contributed by atoms with E-state index in [1.54, 1.807) is 27.0 Å². The first-order valence-corrected chi connectivity index (χ1v) is 6.96. The first-order chi connectivity index (χ1) is 10.2. The Bertz CT molecular complexity index is 511. The molecule has 1 aromatic rings. The van der Waals surface area contributed by atoms with Crippen molar-refractivity contribution in [1.82, 2.24) is 15.3 Å². The van der Waals surface area contributed by atoms with Gasteiger partial charge in [-0.15, -0.1) is 0 Å². The molecule has 8 nitrogen and oxygen atoms in total. The SMILES string of the molecule is CC(C)(C)OC(=O)NC(CCCc1cnc(N)cn1)C(=O)O. The topological polar surface area (TPSA) is 127 Å². The zero-order chi connectivity index (χ0) is 16.8. The zero-order valence-electron chi connectivity index (χ0n) is 13.0. The molecule has 0 aliphatic carbocycles. The molecular weight excluding hydrogens is 288 g/mol. The van der Waals surface area contributed by atoms with Crippen molar-refractivity contribution in [2.75, 3.05) is 5.73 Å².